The summed E-state index contributed by atoms with van der Waals surface area (Å²) < 4.78 is 0. The molecule has 1 aromatic carbocycles. The zero-order chi connectivity index (χ0) is 15.8. The van der Waals surface area contributed by atoms with Gasteiger partial charge in [-0.25, -0.2) is 0 Å². The van der Waals surface area contributed by atoms with Crippen LogP contribution in [0, 0.1) is 0 Å². The van der Waals surface area contributed by atoms with Crippen molar-refractivity contribution in [2.75, 3.05) is 17.2 Å². The molecule has 1 aliphatic rings. The maximum Gasteiger partial charge on any atom is 0.239 e. The minimum absolute atomic E-state index is 0.0211. The van der Waals surface area contributed by atoms with Gasteiger partial charge < -0.3 is 16.0 Å². The number of carbonyl (C=O) groups excluding carboxylic acids is 2. The van der Waals surface area contributed by atoms with Crippen molar-refractivity contribution in [2.24, 2.45) is 0 Å². The molecule has 0 bridgehead atoms. The summed E-state index contributed by atoms with van der Waals surface area (Å²) in [6, 6.07) is 7.74. The SMILES string of the molecule is CCC(=O)Nc1cccc(NCC(=O)NC2CCCCC2)c1. The van der Waals surface area contributed by atoms with E-state index in [1.165, 1.54) is 19.3 Å². The van der Waals surface area contributed by atoms with Crippen LogP contribution in [0.25, 0.3) is 0 Å². The van der Waals surface area contributed by atoms with E-state index >= 15 is 0 Å². The molecule has 0 saturated heterocycles. The Morgan fingerprint density at radius 1 is 1.09 bits per heavy atom. The van der Waals surface area contributed by atoms with Crippen LogP contribution in [0.4, 0.5) is 11.4 Å². The van der Waals surface area contributed by atoms with E-state index in [-0.39, 0.29) is 18.4 Å². The van der Waals surface area contributed by atoms with E-state index in [0.29, 0.717) is 12.5 Å². The fourth-order valence-electron chi connectivity index (χ4n) is 2.66. The summed E-state index contributed by atoms with van der Waals surface area (Å²) in [7, 11) is 0. The number of rotatable bonds is 6. The van der Waals surface area contributed by atoms with Gasteiger partial charge in [-0.1, -0.05) is 32.3 Å². The van der Waals surface area contributed by atoms with Crippen LogP contribution in [0.2, 0.25) is 0 Å². The summed E-state index contributed by atoms with van der Waals surface area (Å²) in [5, 5.41) is 8.98. The molecule has 2 rings (SSSR count). The number of amides is 2. The largest absolute Gasteiger partial charge is 0.376 e. The lowest BCUT2D eigenvalue weighted by atomic mass is 9.95. The molecule has 120 valence electrons. The van der Waals surface area contributed by atoms with Crippen LogP contribution >= 0.6 is 0 Å². The lowest BCUT2D eigenvalue weighted by molar-refractivity contribution is -0.120. The number of nitrogens with one attached hydrogen (secondary N) is 3. The highest BCUT2D eigenvalue weighted by Crippen LogP contribution is 2.17. The van der Waals surface area contributed by atoms with E-state index in [2.05, 4.69) is 16.0 Å². The van der Waals surface area contributed by atoms with Crippen molar-refractivity contribution in [3.05, 3.63) is 24.3 Å². The molecule has 5 nitrogen and oxygen atoms in total. The Morgan fingerprint density at radius 3 is 2.55 bits per heavy atom. The average molecular weight is 303 g/mol. The molecule has 1 fully saturated rings. The topological polar surface area (TPSA) is 70.2 Å². The van der Waals surface area contributed by atoms with Gasteiger partial charge in [-0.15, -0.1) is 0 Å². The van der Waals surface area contributed by atoms with Gasteiger partial charge in [0.2, 0.25) is 11.8 Å². The van der Waals surface area contributed by atoms with Gasteiger partial charge in [-0.2, -0.15) is 0 Å². The maximum atomic E-state index is 12.0. The fourth-order valence-corrected chi connectivity index (χ4v) is 2.66. The third kappa shape index (κ3) is 5.39. The molecule has 1 aromatic rings. The fraction of sp³-hybridized carbons (Fsp3) is 0.529. The van der Waals surface area contributed by atoms with Crippen LogP contribution < -0.4 is 16.0 Å². The van der Waals surface area contributed by atoms with Crippen LogP contribution in [0.5, 0.6) is 0 Å². The van der Waals surface area contributed by atoms with Gasteiger partial charge in [-0.3, -0.25) is 9.59 Å². The molecule has 0 aliphatic heterocycles. The lowest BCUT2D eigenvalue weighted by Gasteiger charge is -2.22. The minimum atomic E-state index is -0.0211. The average Bonchev–Trinajstić information content (AvgIpc) is 2.54. The molecule has 0 atom stereocenters. The standard InChI is InChI=1S/C17H25N3O2/c1-2-16(21)20-15-10-6-9-14(11-15)18-12-17(22)19-13-7-4-3-5-8-13/h6,9-11,13,18H,2-5,7-8,12H2,1H3,(H,19,22)(H,20,21). The van der Waals surface area contributed by atoms with Gasteiger partial charge in [0.15, 0.2) is 0 Å². The Bertz CT molecular complexity index is 510. The molecular weight excluding hydrogens is 278 g/mol. The Labute approximate surface area is 131 Å². The summed E-state index contributed by atoms with van der Waals surface area (Å²) in [6.45, 7) is 2.06. The van der Waals surface area contributed by atoms with Crippen LogP contribution in [0.15, 0.2) is 24.3 Å². The molecule has 22 heavy (non-hydrogen) atoms. The first-order valence-corrected chi connectivity index (χ1v) is 8.10. The first-order valence-electron chi connectivity index (χ1n) is 8.10. The van der Waals surface area contributed by atoms with Gasteiger partial charge in [-0.05, 0) is 31.0 Å². The van der Waals surface area contributed by atoms with Gasteiger partial charge >= 0.3 is 0 Å². The lowest BCUT2D eigenvalue weighted by Crippen LogP contribution is -2.39. The highest BCUT2D eigenvalue weighted by molar-refractivity contribution is 5.91. The quantitative estimate of drug-likeness (QED) is 0.757. The van der Waals surface area contributed by atoms with E-state index < -0.39 is 0 Å². The Kier molecular flexibility index (Phi) is 6.25. The van der Waals surface area contributed by atoms with Crippen molar-refractivity contribution in [1.29, 1.82) is 0 Å². The highest BCUT2D eigenvalue weighted by Gasteiger charge is 2.15. The molecule has 0 unspecified atom stereocenters. The first kappa shape index (κ1) is 16.3. The zero-order valence-electron chi connectivity index (χ0n) is 13.2. The molecule has 0 spiro atoms. The van der Waals surface area contributed by atoms with Crippen LogP contribution in [-0.4, -0.2) is 24.4 Å². The third-order valence-electron chi connectivity index (χ3n) is 3.89. The van der Waals surface area contributed by atoms with Gasteiger partial charge in [0.25, 0.3) is 0 Å². The van der Waals surface area contributed by atoms with Crippen molar-refractivity contribution >= 4 is 23.2 Å². The number of hydrogen-bond donors (Lipinski definition) is 3. The summed E-state index contributed by atoms with van der Waals surface area (Å²) in [5.74, 6) is 0.00193. The van der Waals surface area contributed by atoms with Crippen molar-refractivity contribution < 1.29 is 9.59 Å². The number of anilines is 2. The highest BCUT2D eigenvalue weighted by atomic mass is 16.2. The number of carbonyl (C=O) groups is 2. The molecule has 1 saturated carbocycles. The van der Waals surface area contributed by atoms with Gasteiger partial charge in [0, 0.05) is 23.8 Å². The molecule has 3 N–H and O–H groups in total. The van der Waals surface area contributed by atoms with E-state index in [0.717, 1.165) is 24.2 Å². The number of benzene rings is 1. The van der Waals surface area contributed by atoms with E-state index in [1.54, 1.807) is 0 Å². The van der Waals surface area contributed by atoms with Crippen LogP contribution in [-0.2, 0) is 9.59 Å². The van der Waals surface area contributed by atoms with Gasteiger partial charge in [0.1, 0.15) is 0 Å². The van der Waals surface area contributed by atoms with E-state index in [1.807, 2.05) is 31.2 Å². The molecule has 2 amide bonds. The normalized spacial score (nSPS) is 15.1. The van der Waals surface area contributed by atoms with Crippen molar-refractivity contribution in [3.63, 3.8) is 0 Å². The van der Waals surface area contributed by atoms with Crippen LogP contribution in [0.1, 0.15) is 45.4 Å². The summed E-state index contributed by atoms with van der Waals surface area (Å²) in [4.78, 5) is 23.3. The summed E-state index contributed by atoms with van der Waals surface area (Å²) in [6.07, 6.45) is 6.31. The second-order valence-electron chi connectivity index (χ2n) is 5.74. The first-order chi connectivity index (χ1) is 10.7. The monoisotopic (exact) mass is 303 g/mol. The second-order valence-corrected chi connectivity index (χ2v) is 5.74. The van der Waals surface area contributed by atoms with Crippen LogP contribution in [0.3, 0.4) is 0 Å². The predicted octanol–water partition coefficient (Wildman–Crippen LogP) is 2.90. The molecule has 1 aliphatic carbocycles. The van der Waals surface area contributed by atoms with Gasteiger partial charge in [0.05, 0.1) is 6.54 Å². The predicted molar refractivity (Wildman–Crippen MR) is 88.9 cm³/mol. The smallest absolute Gasteiger partial charge is 0.239 e. The minimum Gasteiger partial charge on any atom is -0.376 e. The van der Waals surface area contributed by atoms with E-state index in [9.17, 15) is 9.59 Å². The molecule has 0 heterocycles. The zero-order valence-corrected chi connectivity index (χ0v) is 13.2. The Hall–Kier alpha value is -2.04. The number of hydrogen-bond acceptors (Lipinski definition) is 3. The molecule has 0 aromatic heterocycles. The Balaban J connectivity index is 1.79. The maximum absolute atomic E-state index is 12.0. The third-order valence-corrected chi connectivity index (χ3v) is 3.89. The molecule has 5 heteroatoms. The second kappa shape index (κ2) is 8.41. The molecule has 0 radical (unpaired) electrons. The summed E-state index contributed by atoms with van der Waals surface area (Å²) in [5.41, 5.74) is 1.57. The van der Waals surface area contributed by atoms with E-state index in [4.69, 9.17) is 0 Å². The van der Waals surface area contributed by atoms with Crippen molar-refractivity contribution in [2.45, 2.75) is 51.5 Å². The van der Waals surface area contributed by atoms with Crippen molar-refractivity contribution in [3.8, 4) is 0 Å². The Morgan fingerprint density at radius 2 is 1.82 bits per heavy atom. The molecular formula is C17H25N3O2. The van der Waals surface area contributed by atoms with Crippen molar-refractivity contribution in [1.82, 2.24) is 5.32 Å². The summed E-state index contributed by atoms with van der Waals surface area (Å²) >= 11 is 0.